The van der Waals surface area contributed by atoms with Crippen LogP contribution in [0.4, 0.5) is 17.3 Å². The molecule has 2 aliphatic heterocycles. The van der Waals surface area contributed by atoms with Crippen LogP contribution in [0.5, 0.6) is 5.75 Å². The van der Waals surface area contributed by atoms with Crippen LogP contribution in [0.3, 0.4) is 0 Å². The number of nitrogens with zero attached hydrogens (tertiary/aromatic N) is 7. The number of rotatable bonds is 4. The summed E-state index contributed by atoms with van der Waals surface area (Å²) in [7, 11) is 0. The van der Waals surface area contributed by atoms with Gasteiger partial charge in [-0.1, -0.05) is 18.1 Å². The first-order valence-corrected chi connectivity index (χ1v) is 12.6. The minimum absolute atomic E-state index is 0.164. The number of morpholine rings is 1. The van der Waals surface area contributed by atoms with E-state index in [-0.39, 0.29) is 5.75 Å². The summed E-state index contributed by atoms with van der Waals surface area (Å²) in [5.41, 5.74) is 8.27. The number of hydrogen-bond donors (Lipinski definition) is 2. The van der Waals surface area contributed by atoms with Crippen LogP contribution >= 0.6 is 0 Å². The van der Waals surface area contributed by atoms with E-state index in [2.05, 4.69) is 48.6 Å². The number of hydrogen-bond acceptors (Lipinski definition) is 10. The first kappa shape index (κ1) is 24.7. The van der Waals surface area contributed by atoms with Gasteiger partial charge in [-0.05, 0) is 43.5 Å². The number of phenols is 1. The van der Waals surface area contributed by atoms with Gasteiger partial charge in [-0.15, -0.1) is 10.2 Å². The molecule has 10 heteroatoms. The molecule has 0 saturated carbocycles. The zero-order chi connectivity index (χ0) is 25.6. The summed E-state index contributed by atoms with van der Waals surface area (Å²) in [5, 5.41) is 18.6. The minimum Gasteiger partial charge on any atom is -0.507 e. The second-order valence-electron chi connectivity index (χ2n) is 9.28. The maximum absolute atomic E-state index is 10.2. The molecule has 5 rings (SSSR count). The lowest BCUT2D eigenvalue weighted by atomic mass is 10.1. The van der Waals surface area contributed by atoms with Crippen molar-refractivity contribution in [3.05, 3.63) is 48.4 Å². The van der Waals surface area contributed by atoms with E-state index < -0.39 is 0 Å². The summed E-state index contributed by atoms with van der Waals surface area (Å²) in [6.07, 6.45) is 2.70. The van der Waals surface area contributed by atoms with Gasteiger partial charge in [0.05, 0.1) is 31.1 Å². The van der Waals surface area contributed by atoms with Crippen LogP contribution in [0.2, 0.25) is 0 Å². The third-order valence-corrected chi connectivity index (χ3v) is 6.77. The zero-order valence-electron chi connectivity index (χ0n) is 21.0. The highest BCUT2D eigenvalue weighted by atomic mass is 16.5. The number of aromatic nitrogens is 4. The smallest absolute Gasteiger partial charge is 0.206 e. The first-order chi connectivity index (χ1) is 18.1. The molecule has 10 nitrogen and oxygen atoms in total. The lowest BCUT2D eigenvalue weighted by Crippen LogP contribution is -2.43. The van der Waals surface area contributed by atoms with Gasteiger partial charge in [-0.3, -0.25) is 4.90 Å². The number of nitrogen functional groups attached to an aromatic ring is 1. The quantitative estimate of drug-likeness (QED) is 0.515. The van der Waals surface area contributed by atoms with Crippen molar-refractivity contribution in [2.24, 2.45) is 0 Å². The molecule has 0 spiro atoms. The molecule has 2 aromatic heterocycles. The molecule has 1 atom stereocenters. The lowest BCUT2D eigenvalue weighted by Gasteiger charge is -2.31. The summed E-state index contributed by atoms with van der Waals surface area (Å²) in [6.45, 7) is 8.42. The van der Waals surface area contributed by atoms with Crippen LogP contribution < -0.4 is 15.5 Å². The van der Waals surface area contributed by atoms with E-state index in [0.717, 1.165) is 63.9 Å². The lowest BCUT2D eigenvalue weighted by molar-refractivity contribution is 0.00654. The predicted molar refractivity (Wildman–Crippen MR) is 143 cm³/mol. The Bertz CT molecular complexity index is 1290. The molecule has 0 aliphatic carbocycles. The van der Waals surface area contributed by atoms with Gasteiger partial charge in [-0.25, -0.2) is 9.97 Å². The Kier molecular flexibility index (Phi) is 7.63. The number of ether oxygens (including phenoxy) is 1. The van der Waals surface area contributed by atoms with E-state index in [0.29, 0.717) is 35.5 Å². The van der Waals surface area contributed by atoms with E-state index in [1.54, 1.807) is 18.3 Å². The SMILES string of the molecule is C[C@H]1COCCN1CC#Cc1nccc(N2CCCN(c3cc(-c4ccccc4O)nnc3N)CC2)n1. The van der Waals surface area contributed by atoms with Crippen molar-refractivity contribution in [1.82, 2.24) is 25.1 Å². The van der Waals surface area contributed by atoms with Gasteiger partial charge in [0.2, 0.25) is 5.82 Å². The highest BCUT2D eigenvalue weighted by molar-refractivity contribution is 5.74. The van der Waals surface area contributed by atoms with E-state index in [9.17, 15) is 5.11 Å². The Labute approximate surface area is 217 Å². The van der Waals surface area contributed by atoms with Crippen molar-refractivity contribution in [3.8, 4) is 28.8 Å². The highest BCUT2D eigenvalue weighted by Gasteiger charge is 2.21. The van der Waals surface area contributed by atoms with E-state index >= 15 is 0 Å². The van der Waals surface area contributed by atoms with Crippen molar-refractivity contribution >= 4 is 17.3 Å². The summed E-state index contributed by atoms with van der Waals surface area (Å²) < 4.78 is 5.50. The largest absolute Gasteiger partial charge is 0.507 e. The average molecular weight is 501 g/mol. The normalized spacial score (nSPS) is 18.7. The Morgan fingerprint density at radius 3 is 2.78 bits per heavy atom. The molecule has 1 aromatic carbocycles. The van der Waals surface area contributed by atoms with Crippen LogP contribution in [-0.2, 0) is 4.74 Å². The number of aromatic hydroxyl groups is 1. The fraction of sp³-hybridized carbons (Fsp3) is 0.407. The maximum atomic E-state index is 10.2. The van der Waals surface area contributed by atoms with Crippen LogP contribution in [-0.4, -0.2) is 88.7 Å². The molecule has 0 unspecified atom stereocenters. The Balaban J connectivity index is 1.26. The fourth-order valence-electron chi connectivity index (χ4n) is 4.66. The molecule has 3 aromatic rings. The Morgan fingerprint density at radius 1 is 1.08 bits per heavy atom. The van der Waals surface area contributed by atoms with E-state index in [1.165, 1.54) is 0 Å². The van der Waals surface area contributed by atoms with Gasteiger partial charge in [-0.2, -0.15) is 0 Å². The third-order valence-electron chi connectivity index (χ3n) is 6.77. The molecule has 3 N–H and O–H groups in total. The van der Waals surface area contributed by atoms with Crippen molar-refractivity contribution in [2.45, 2.75) is 19.4 Å². The molecule has 2 aliphatic rings. The highest BCUT2D eigenvalue weighted by Crippen LogP contribution is 2.31. The minimum atomic E-state index is 0.164. The van der Waals surface area contributed by atoms with Crippen molar-refractivity contribution in [1.29, 1.82) is 0 Å². The van der Waals surface area contributed by atoms with Crippen LogP contribution in [0.25, 0.3) is 11.3 Å². The number of benzene rings is 1. The topological polar surface area (TPSA) is 117 Å². The molecule has 2 fully saturated rings. The van der Waals surface area contributed by atoms with Gasteiger partial charge < -0.3 is 25.4 Å². The van der Waals surface area contributed by atoms with Crippen LogP contribution in [0, 0.1) is 11.8 Å². The number of para-hydroxylation sites is 1. The Hall–Kier alpha value is -3.94. The zero-order valence-corrected chi connectivity index (χ0v) is 21.0. The first-order valence-electron chi connectivity index (χ1n) is 12.6. The van der Waals surface area contributed by atoms with Gasteiger partial charge in [0, 0.05) is 50.5 Å². The third kappa shape index (κ3) is 5.90. The second-order valence-corrected chi connectivity index (χ2v) is 9.28. The van der Waals surface area contributed by atoms with Crippen molar-refractivity contribution < 1.29 is 9.84 Å². The molecular weight excluding hydrogens is 468 g/mol. The second kappa shape index (κ2) is 11.4. The summed E-state index contributed by atoms with van der Waals surface area (Å²) >= 11 is 0. The van der Waals surface area contributed by atoms with E-state index in [4.69, 9.17) is 15.5 Å². The molecule has 0 amide bonds. The van der Waals surface area contributed by atoms with Crippen LogP contribution in [0.1, 0.15) is 19.2 Å². The van der Waals surface area contributed by atoms with Gasteiger partial charge in [0.1, 0.15) is 11.6 Å². The summed E-state index contributed by atoms with van der Waals surface area (Å²) in [5.74, 6) is 8.31. The molecule has 0 bridgehead atoms. The number of phenolic OH excluding ortho intramolecular Hbond substituents is 1. The average Bonchev–Trinajstić information content (AvgIpc) is 3.17. The molecule has 2 saturated heterocycles. The Morgan fingerprint density at radius 2 is 1.92 bits per heavy atom. The van der Waals surface area contributed by atoms with Gasteiger partial charge in [0.25, 0.3) is 0 Å². The van der Waals surface area contributed by atoms with Crippen molar-refractivity contribution in [3.63, 3.8) is 0 Å². The predicted octanol–water partition coefficient (Wildman–Crippen LogP) is 2.01. The summed E-state index contributed by atoms with van der Waals surface area (Å²) in [4.78, 5) is 15.9. The molecule has 4 heterocycles. The van der Waals surface area contributed by atoms with Crippen LogP contribution in [0.15, 0.2) is 42.6 Å². The standard InChI is InChI=1S/C27H32N8O2/c1-20-19-37-17-16-33(20)11-4-8-25-29-10-9-26(30-25)35-13-5-12-34(14-15-35)23-18-22(31-32-27(23)28)21-6-2-3-7-24(21)36/h2-3,6-7,9-10,18,20,36H,5,11-17,19H2,1H3,(H2,28,32)/t20-/m0/s1. The van der Waals surface area contributed by atoms with E-state index in [1.807, 2.05) is 24.3 Å². The van der Waals surface area contributed by atoms with Crippen molar-refractivity contribution in [2.75, 3.05) is 68.0 Å². The van der Waals surface area contributed by atoms with Gasteiger partial charge >= 0.3 is 0 Å². The summed E-state index contributed by atoms with van der Waals surface area (Å²) in [6, 6.07) is 11.3. The number of anilines is 3. The molecule has 37 heavy (non-hydrogen) atoms. The van der Waals surface area contributed by atoms with Gasteiger partial charge in [0.15, 0.2) is 5.82 Å². The molecule has 192 valence electrons. The fourth-order valence-corrected chi connectivity index (χ4v) is 4.66. The molecular formula is C27H32N8O2. The number of nitrogens with two attached hydrogens (primary N) is 1. The maximum Gasteiger partial charge on any atom is 0.206 e. The monoisotopic (exact) mass is 500 g/mol. The molecule has 0 radical (unpaired) electrons.